The van der Waals surface area contributed by atoms with E-state index in [9.17, 15) is 9.59 Å². The first-order valence-electron chi connectivity index (χ1n) is 7.14. The highest BCUT2D eigenvalue weighted by molar-refractivity contribution is 6.37. The van der Waals surface area contributed by atoms with Crippen LogP contribution in [0, 0.1) is 0 Å². The number of hydrogen-bond acceptors (Lipinski definition) is 4. The number of rotatable bonds is 6. The summed E-state index contributed by atoms with van der Waals surface area (Å²) in [5, 5.41) is 6.91. The predicted molar refractivity (Wildman–Crippen MR) is 91.3 cm³/mol. The van der Waals surface area contributed by atoms with Crippen LogP contribution >= 0.6 is 23.2 Å². The molecule has 23 heavy (non-hydrogen) atoms. The third kappa shape index (κ3) is 6.08. The van der Waals surface area contributed by atoms with E-state index in [0.29, 0.717) is 28.0 Å². The fourth-order valence-corrected chi connectivity index (χ4v) is 2.16. The van der Waals surface area contributed by atoms with E-state index in [2.05, 4.69) is 15.8 Å². The minimum atomic E-state index is -0.843. The van der Waals surface area contributed by atoms with Gasteiger partial charge >= 0.3 is 11.8 Å². The van der Waals surface area contributed by atoms with Gasteiger partial charge in [0.1, 0.15) is 0 Å². The Morgan fingerprint density at radius 2 is 1.87 bits per heavy atom. The lowest BCUT2D eigenvalue weighted by Crippen LogP contribution is -2.41. The summed E-state index contributed by atoms with van der Waals surface area (Å²) in [6, 6.07) is 3.10. The molecule has 0 bridgehead atoms. The van der Waals surface area contributed by atoms with Crippen molar-refractivity contribution in [2.24, 2.45) is 5.10 Å². The Kier molecular flexibility index (Phi) is 7.85. The number of nitrogens with zero attached hydrogens (tertiary/aromatic N) is 1. The summed E-state index contributed by atoms with van der Waals surface area (Å²) < 4.78 is 5.31. The van der Waals surface area contributed by atoms with Crippen molar-refractivity contribution in [2.75, 3.05) is 6.61 Å². The molecule has 1 aromatic rings. The Morgan fingerprint density at radius 3 is 2.39 bits per heavy atom. The summed E-state index contributed by atoms with van der Waals surface area (Å²) in [5.74, 6) is -1.19. The first-order valence-corrected chi connectivity index (χ1v) is 7.90. The van der Waals surface area contributed by atoms with Gasteiger partial charge < -0.3 is 10.1 Å². The molecule has 1 aromatic carbocycles. The molecule has 2 N–H and O–H groups in total. The molecule has 0 aliphatic heterocycles. The van der Waals surface area contributed by atoms with Crippen molar-refractivity contribution in [1.29, 1.82) is 0 Å². The van der Waals surface area contributed by atoms with Gasteiger partial charge in [0.2, 0.25) is 0 Å². The standard InChI is InChI=1S/C15H19Cl2N3O3/c1-4-9(3)19-14(21)15(22)20-18-8-10-6-11(16)13(23-5-2)12(17)7-10/h6-9H,4-5H2,1-3H3,(H,19,21)(H,20,22)/b18-8-/t9-/m1/s1. The normalized spacial score (nSPS) is 12.0. The highest BCUT2D eigenvalue weighted by Gasteiger charge is 2.14. The average molecular weight is 360 g/mol. The van der Waals surface area contributed by atoms with Gasteiger partial charge in [0, 0.05) is 6.04 Å². The minimum absolute atomic E-state index is 0.0825. The SMILES string of the molecule is CCOc1c(Cl)cc(/C=N\NC(=O)C(=O)N[C@H](C)CC)cc1Cl. The molecule has 0 aliphatic rings. The summed E-state index contributed by atoms with van der Waals surface area (Å²) >= 11 is 12.1. The van der Waals surface area contributed by atoms with E-state index >= 15 is 0 Å². The van der Waals surface area contributed by atoms with E-state index < -0.39 is 11.8 Å². The highest BCUT2D eigenvalue weighted by Crippen LogP contribution is 2.33. The van der Waals surface area contributed by atoms with Crippen LogP contribution in [-0.2, 0) is 9.59 Å². The molecule has 8 heteroatoms. The maximum absolute atomic E-state index is 11.5. The number of hydrazone groups is 1. The number of carbonyl (C=O) groups is 2. The monoisotopic (exact) mass is 359 g/mol. The van der Waals surface area contributed by atoms with Crippen LogP contribution in [0.1, 0.15) is 32.8 Å². The number of halogens is 2. The molecule has 126 valence electrons. The zero-order valence-electron chi connectivity index (χ0n) is 13.2. The molecule has 6 nitrogen and oxygen atoms in total. The molecule has 2 amide bonds. The van der Waals surface area contributed by atoms with Crippen molar-refractivity contribution in [3.8, 4) is 5.75 Å². The molecule has 0 unspecified atom stereocenters. The summed E-state index contributed by atoms with van der Waals surface area (Å²) in [5.41, 5.74) is 2.70. The van der Waals surface area contributed by atoms with E-state index in [1.54, 1.807) is 19.1 Å². The van der Waals surface area contributed by atoms with Crippen LogP contribution in [0.3, 0.4) is 0 Å². The summed E-state index contributed by atoms with van der Waals surface area (Å²) in [6.07, 6.45) is 2.06. The van der Waals surface area contributed by atoms with Crippen LogP contribution in [0.4, 0.5) is 0 Å². The molecule has 0 spiro atoms. The molecule has 0 saturated heterocycles. The molecule has 0 heterocycles. The zero-order valence-corrected chi connectivity index (χ0v) is 14.7. The van der Waals surface area contributed by atoms with Crippen molar-refractivity contribution in [3.63, 3.8) is 0 Å². The number of hydrogen-bond donors (Lipinski definition) is 2. The molecule has 0 aliphatic carbocycles. The van der Waals surface area contributed by atoms with Crippen molar-refractivity contribution in [3.05, 3.63) is 27.7 Å². The smallest absolute Gasteiger partial charge is 0.329 e. The van der Waals surface area contributed by atoms with Crippen molar-refractivity contribution >= 4 is 41.2 Å². The number of carbonyl (C=O) groups excluding carboxylic acids is 2. The van der Waals surface area contributed by atoms with Gasteiger partial charge in [-0.2, -0.15) is 5.10 Å². The van der Waals surface area contributed by atoms with E-state index in [1.807, 2.05) is 13.8 Å². The molecule has 1 atom stereocenters. The number of nitrogens with one attached hydrogen (secondary N) is 2. The Balaban J connectivity index is 2.68. The summed E-state index contributed by atoms with van der Waals surface area (Å²) in [4.78, 5) is 23.1. The van der Waals surface area contributed by atoms with Gasteiger partial charge in [0.15, 0.2) is 5.75 Å². The second-order valence-electron chi connectivity index (χ2n) is 4.73. The maximum atomic E-state index is 11.5. The van der Waals surface area contributed by atoms with Crippen LogP contribution in [0.15, 0.2) is 17.2 Å². The first kappa shape index (κ1) is 19.3. The summed E-state index contributed by atoms with van der Waals surface area (Å²) in [6.45, 7) is 5.97. The number of benzene rings is 1. The second kappa shape index (κ2) is 9.37. The third-order valence-corrected chi connectivity index (χ3v) is 3.45. The first-order chi connectivity index (χ1) is 10.9. The second-order valence-corrected chi connectivity index (χ2v) is 5.54. The van der Waals surface area contributed by atoms with Crippen LogP contribution in [-0.4, -0.2) is 30.7 Å². The van der Waals surface area contributed by atoms with Crippen LogP contribution in [0.5, 0.6) is 5.75 Å². The van der Waals surface area contributed by atoms with Crippen molar-refractivity contribution < 1.29 is 14.3 Å². The van der Waals surface area contributed by atoms with Gasteiger partial charge in [-0.25, -0.2) is 5.43 Å². The Labute approximate surface area is 145 Å². The predicted octanol–water partition coefficient (Wildman–Crippen LogP) is 2.76. The van der Waals surface area contributed by atoms with Gasteiger partial charge in [-0.1, -0.05) is 30.1 Å². The van der Waals surface area contributed by atoms with Crippen LogP contribution in [0.25, 0.3) is 0 Å². The van der Waals surface area contributed by atoms with Gasteiger partial charge in [-0.15, -0.1) is 0 Å². The lowest BCUT2D eigenvalue weighted by atomic mass is 10.2. The topological polar surface area (TPSA) is 79.8 Å². The fourth-order valence-electron chi connectivity index (χ4n) is 1.54. The van der Waals surface area contributed by atoms with Crippen molar-refractivity contribution in [2.45, 2.75) is 33.2 Å². The Bertz CT molecular complexity index is 583. The Hall–Kier alpha value is -1.79. The molecular weight excluding hydrogens is 341 g/mol. The third-order valence-electron chi connectivity index (χ3n) is 2.89. The van der Waals surface area contributed by atoms with E-state index in [1.165, 1.54) is 6.21 Å². The van der Waals surface area contributed by atoms with Gasteiger partial charge in [0.25, 0.3) is 0 Å². The van der Waals surface area contributed by atoms with Crippen molar-refractivity contribution in [1.82, 2.24) is 10.7 Å². The van der Waals surface area contributed by atoms with Gasteiger partial charge in [0.05, 0.1) is 22.9 Å². The molecule has 1 rings (SSSR count). The van der Waals surface area contributed by atoms with E-state index in [0.717, 1.165) is 6.42 Å². The van der Waals surface area contributed by atoms with Gasteiger partial charge in [-0.05, 0) is 38.0 Å². The fraction of sp³-hybridized carbons (Fsp3) is 0.400. The molecule has 0 saturated carbocycles. The summed E-state index contributed by atoms with van der Waals surface area (Å²) in [7, 11) is 0. The number of ether oxygens (including phenoxy) is 1. The largest absolute Gasteiger partial charge is 0.491 e. The highest BCUT2D eigenvalue weighted by atomic mass is 35.5. The maximum Gasteiger partial charge on any atom is 0.329 e. The average Bonchev–Trinajstić information content (AvgIpc) is 2.50. The van der Waals surface area contributed by atoms with Crippen LogP contribution in [0.2, 0.25) is 10.0 Å². The molecule has 0 fully saturated rings. The van der Waals surface area contributed by atoms with E-state index in [4.69, 9.17) is 27.9 Å². The molecular formula is C15H19Cl2N3O3. The zero-order chi connectivity index (χ0) is 17.4. The molecule has 0 radical (unpaired) electrons. The van der Waals surface area contributed by atoms with Gasteiger partial charge in [-0.3, -0.25) is 9.59 Å². The quantitative estimate of drug-likeness (QED) is 0.465. The number of amides is 2. The van der Waals surface area contributed by atoms with Crippen LogP contribution < -0.4 is 15.5 Å². The molecule has 0 aromatic heterocycles. The Morgan fingerprint density at radius 1 is 1.26 bits per heavy atom. The minimum Gasteiger partial charge on any atom is -0.491 e. The lowest BCUT2D eigenvalue weighted by molar-refractivity contribution is -0.139. The lowest BCUT2D eigenvalue weighted by Gasteiger charge is -2.10. The van der Waals surface area contributed by atoms with E-state index in [-0.39, 0.29) is 6.04 Å².